The molecule has 0 bridgehead atoms. The summed E-state index contributed by atoms with van der Waals surface area (Å²) in [5, 5.41) is 10.6. The summed E-state index contributed by atoms with van der Waals surface area (Å²) in [5.41, 5.74) is 2.93. The molecule has 162 valence electrons. The van der Waals surface area contributed by atoms with Gasteiger partial charge < -0.3 is 0 Å². The van der Waals surface area contributed by atoms with Crippen molar-refractivity contribution in [2.75, 3.05) is 6.61 Å². The van der Waals surface area contributed by atoms with Crippen molar-refractivity contribution < 1.29 is 14.0 Å². The van der Waals surface area contributed by atoms with Crippen LogP contribution in [0.25, 0.3) is 0 Å². The van der Waals surface area contributed by atoms with E-state index in [1.807, 2.05) is 26.0 Å². The first kappa shape index (κ1) is 21.4. The van der Waals surface area contributed by atoms with Gasteiger partial charge in [0.2, 0.25) is 5.91 Å². The summed E-state index contributed by atoms with van der Waals surface area (Å²) in [7, 11) is 0. The zero-order chi connectivity index (χ0) is 22.0. The monoisotopic (exact) mass is 422 g/mol. The van der Waals surface area contributed by atoms with Crippen molar-refractivity contribution in [1.82, 2.24) is 15.0 Å². The topological polar surface area (TPSA) is 79.1 Å². The van der Waals surface area contributed by atoms with E-state index in [1.54, 1.807) is 6.07 Å². The minimum atomic E-state index is -0.468. The summed E-state index contributed by atoms with van der Waals surface area (Å²) < 4.78 is 13.9. The molecule has 1 saturated carbocycles. The highest BCUT2D eigenvalue weighted by Gasteiger charge is 2.37. The minimum Gasteiger partial charge on any atom is -0.272 e. The molecule has 1 aromatic heterocycles. The highest BCUT2D eigenvalue weighted by atomic mass is 19.1. The summed E-state index contributed by atoms with van der Waals surface area (Å²) in [5.74, 6) is 0.721. The van der Waals surface area contributed by atoms with Gasteiger partial charge in [-0.3, -0.25) is 9.63 Å². The molecular formula is C24H27FN4O2. The smallest absolute Gasteiger partial charge is 0.249 e. The molecule has 2 fully saturated rings. The van der Waals surface area contributed by atoms with Crippen molar-refractivity contribution in [3.8, 4) is 6.07 Å². The van der Waals surface area contributed by atoms with Crippen LogP contribution in [0, 0.1) is 42.8 Å². The van der Waals surface area contributed by atoms with Crippen molar-refractivity contribution in [1.29, 1.82) is 5.26 Å². The Labute approximate surface area is 182 Å². The Hall–Kier alpha value is -2.85. The normalized spacial score (nSPS) is 23.5. The van der Waals surface area contributed by atoms with E-state index in [0.717, 1.165) is 49.3 Å². The second-order valence-corrected chi connectivity index (χ2v) is 8.66. The Morgan fingerprint density at radius 3 is 2.65 bits per heavy atom. The van der Waals surface area contributed by atoms with Gasteiger partial charge in [-0.1, -0.05) is 0 Å². The molecule has 6 nitrogen and oxygen atoms in total. The first-order valence-electron chi connectivity index (χ1n) is 10.9. The van der Waals surface area contributed by atoms with Crippen molar-refractivity contribution in [3.05, 3.63) is 58.4 Å². The van der Waals surface area contributed by atoms with Crippen LogP contribution in [0.15, 0.2) is 24.3 Å². The van der Waals surface area contributed by atoms with Gasteiger partial charge in [0.05, 0.1) is 24.3 Å². The molecule has 1 amide bonds. The van der Waals surface area contributed by atoms with E-state index in [4.69, 9.17) is 10.1 Å². The molecule has 0 spiro atoms. The molecule has 0 radical (unpaired) electrons. The first-order chi connectivity index (χ1) is 14.9. The third-order valence-electron chi connectivity index (χ3n) is 6.27. The van der Waals surface area contributed by atoms with E-state index in [2.05, 4.69) is 9.97 Å². The number of nitriles is 1. The minimum absolute atomic E-state index is 0.0301. The van der Waals surface area contributed by atoms with E-state index < -0.39 is 5.82 Å². The lowest BCUT2D eigenvalue weighted by Crippen LogP contribution is -2.36. The molecule has 0 unspecified atom stereocenters. The molecule has 2 heterocycles. The van der Waals surface area contributed by atoms with Crippen LogP contribution in [0.1, 0.15) is 66.5 Å². The molecule has 2 aromatic rings. The Bertz CT molecular complexity index is 991. The Morgan fingerprint density at radius 2 is 1.94 bits per heavy atom. The van der Waals surface area contributed by atoms with Gasteiger partial charge in [-0.15, -0.1) is 0 Å². The molecule has 7 heteroatoms. The number of carbonyl (C=O) groups is 1. The largest absolute Gasteiger partial charge is 0.272 e. The van der Waals surface area contributed by atoms with Crippen molar-refractivity contribution in [2.45, 2.75) is 58.4 Å². The summed E-state index contributed by atoms with van der Waals surface area (Å²) in [6.45, 7) is 4.31. The van der Waals surface area contributed by atoms with Crippen LogP contribution in [0.5, 0.6) is 0 Å². The highest BCUT2D eigenvalue weighted by molar-refractivity contribution is 5.78. The second kappa shape index (κ2) is 9.11. The number of rotatable bonds is 4. The van der Waals surface area contributed by atoms with Gasteiger partial charge in [0.25, 0.3) is 0 Å². The number of benzene rings is 1. The standard InChI is InChI=1S/C24H27FN4O2/c1-15-9-22(28-16(2)27-15)12-17-3-5-19(6-4-17)24(30)29-23(7-8-31-29)20-10-18(14-26)11-21(25)13-20/h9-11,13,17,19,23H,3-8,12H2,1-2H3/t17?,19?,23-/m0/s1. The molecule has 31 heavy (non-hydrogen) atoms. The number of amides is 1. The van der Waals surface area contributed by atoms with Gasteiger partial charge in [0.15, 0.2) is 0 Å². The lowest BCUT2D eigenvalue weighted by Gasteiger charge is -2.32. The van der Waals surface area contributed by atoms with Gasteiger partial charge >= 0.3 is 0 Å². The average Bonchev–Trinajstić information content (AvgIpc) is 3.22. The number of aromatic nitrogens is 2. The van der Waals surface area contributed by atoms with Crippen LogP contribution in [-0.4, -0.2) is 27.5 Å². The molecule has 1 aromatic carbocycles. The van der Waals surface area contributed by atoms with Gasteiger partial charge in [0, 0.05) is 23.7 Å². The van der Waals surface area contributed by atoms with E-state index >= 15 is 0 Å². The zero-order valence-electron chi connectivity index (χ0n) is 18.0. The average molecular weight is 423 g/mol. The predicted molar refractivity (Wildman–Crippen MR) is 112 cm³/mol. The fraction of sp³-hybridized carbons (Fsp3) is 0.500. The Balaban J connectivity index is 1.39. The number of hydrogen-bond acceptors (Lipinski definition) is 5. The number of halogens is 1. The quantitative estimate of drug-likeness (QED) is 0.732. The fourth-order valence-corrected chi connectivity index (χ4v) is 4.85. The maximum Gasteiger partial charge on any atom is 0.249 e. The van der Waals surface area contributed by atoms with Crippen LogP contribution < -0.4 is 0 Å². The highest BCUT2D eigenvalue weighted by Crippen LogP contribution is 2.37. The van der Waals surface area contributed by atoms with Crippen molar-refractivity contribution in [2.24, 2.45) is 11.8 Å². The first-order valence-corrected chi connectivity index (χ1v) is 10.9. The van der Waals surface area contributed by atoms with E-state index in [0.29, 0.717) is 24.5 Å². The molecule has 2 aliphatic rings. The second-order valence-electron chi connectivity index (χ2n) is 8.66. The van der Waals surface area contributed by atoms with E-state index in [-0.39, 0.29) is 23.4 Å². The van der Waals surface area contributed by atoms with Crippen LogP contribution in [0.2, 0.25) is 0 Å². The van der Waals surface area contributed by atoms with E-state index in [1.165, 1.54) is 17.2 Å². The van der Waals surface area contributed by atoms with Crippen LogP contribution >= 0.6 is 0 Å². The van der Waals surface area contributed by atoms with Gasteiger partial charge in [-0.25, -0.2) is 19.4 Å². The molecule has 1 aliphatic carbocycles. The summed E-state index contributed by atoms with van der Waals surface area (Å²) in [6.07, 6.45) is 5.07. The maximum absolute atomic E-state index is 13.9. The molecule has 1 saturated heterocycles. The third kappa shape index (κ3) is 4.91. The van der Waals surface area contributed by atoms with Gasteiger partial charge in [-0.05, 0) is 81.7 Å². The number of hydrogen-bond donors (Lipinski definition) is 0. The van der Waals surface area contributed by atoms with Crippen LogP contribution in [0.4, 0.5) is 4.39 Å². The van der Waals surface area contributed by atoms with Gasteiger partial charge in [0.1, 0.15) is 11.6 Å². The summed E-state index contributed by atoms with van der Waals surface area (Å²) in [4.78, 5) is 27.7. The van der Waals surface area contributed by atoms with Crippen LogP contribution in [-0.2, 0) is 16.1 Å². The van der Waals surface area contributed by atoms with Crippen LogP contribution in [0.3, 0.4) is 0 Å². The van der Waals surface area contributed by atoms with Gasteiger partial charge in [-0.2, -0.15) is 5.26 Å². The molecule has 1 atom stereocenters. The van der Waals surface area contributed by atoms with Crippen molar-refractivity contribution >= 4 is 5.91 Å². The lowest BCUT2D eigenvalue weighted by molar-refractivity contribution is -0.183. The third-order valence-corrected chi connectivity index (χ3v) is 6.27. The molecular weight excluding hydrogens is 395 g/mol. The lowest BCUT2D eigenvalue weighted by atomic mass is 9.79. The maximum atomic E-state index is 13.9. The SMILES string of the molecule is Cc1cc(CC2CCC(C(=O)N3OCC[C@H]3c3cc(F)cc(C#N)c3)CC2)nc(C)n1. The Kier molecular flexibility index (Phi) is 6.28. The number of aryl methyl sites for hydroxylation is 2. The molecule has 4 rings (SSSR count). The Morgan fingerprint density at radius 1 is 1.16 bits per heavy atom. The number of nitrogens with zero attached hydrogens (tertiary/aromatic N) is 4. The molecule has 0 N–H and O–H groups in total. The number of carbonyl (C=O) groups excluding carboxylic acids is 1. The predicted octanol–water partition coefficient (Wildman–Crippen LogP) is 4.36. The van der Waals surface area contributed by atoms with E-state index in [9.17, 15) is 9.18 Å². The summed E-state index contributed by atoms with van der Waals surface area (Å²) >= 11 is 0. The zero-order valence-corrected chi connectivity index (χ0v) is 18.0. The van der Waals surface area contributed by atoms with Crippen molar-refractivity contribution in [3.63, 3.8) is 0 Å². The fourth-order valence-electron chi connectivity index (χ4n) is 4.85. The number of hydroxylamine groups is 2. The molecule has 1 aliphatic heterocycles. The summed E-state index contributed by atoms with van der Waals surface area (Å²) in [6, 6.07) is 7.91.